The summed E-state index contributed by atoms with van der Waals surface area (Å²) < 4.78 is 4.80. The number of carbonyl (C=O) groups is 3. The summed E-state index contributed by atoms with van der Waals surface area (Å²) in [4.78, 5) is 34.9. The molecule has 20 heavy (non-hydrogen) atoms. The average molecular weight is 288 g/mol. The van der Waals surface area contributed by atoms with Crippen LogP contribution in [0.15, 0.2) is 0 Å². The summed E-state index contributed by atoms with van der Waals surface area (Å²) in [6.45, 7) is 7.83. The molecule has 0 spiro atoms. The van der Waals surface area contributed by atoms with Gasteiger partial charge in [-0.25, -0.2) is 4.79 Å². The minimum absolute atomic E-state index is 0.173. The molecular formula is C13H24N2O5. The molecular weight excluding hydrogens is 264 g/mol. The molecule has 0 aliphatic carbocycles. The standard InChI is InChI=1S/C13H24N2O5/c1-8(14-10(17)12(2,3)4)9(16)15-13(5,7-20-6)11(18)19/h8H,7H2,1-6H3,(H,14,17)(H,15,16)(H,18,19). The molecule has 0 fully saturated rings. The van der Waals surface area contributed by atoms with Gasteiger partial charge >= 0.3 is 5.97 Å². The molecule has 0 aromatic heterocycles. The second-order valence-electron chi connectivity index (χ2n) is 6.00. The van der Waals surface area contributed by atoms with Gasteiger partial charge in [-0.2, -0.15) is 0 Å². The molecule has 0 aliphatic heterocycles. The zero-order valence-corrected chi connectivity index (χ0v) is 12.9. The van der Waals surface area contributed by atoms with Gasteiger partial charge in [0.15, 0.2) is 5.54 Å². The van der Waals surface area contributed by atoms with Gasteiger partial charge in [-0.05, 0) is 13.8 Å². The van der Waals surface area contributed by atoms with E-state index < -0.39 is 28.9 Å². The molecule has 0 heterocycles. The molecule has 0 saturated carbocycles. The first-order valence-corrected chi connectivity index (χ1v) is 6.29. The highest BCUT2D eigenvalue weighted by molar-refractivity contribution is 5.92. The summed E-state index contributed by atoms with van der Waals surface area (Å²) in [5.74, 6) is -2.07. The molecule has 0 aromatic rings. The third-order valence-electron chi connectivity index (χ3n) is 2.73. The van der Waals surface area contributed by atoms with Crippen LogP contribution in [0.25, 0.3) is 0 Å². The Morgan fingerprint density at radius 3 is 2.05 bits per heavy atom. The Morgan fingerprint density at radius 2 is 1.70 bits per heavy atom. The lowest BCUT2D eigenvalue weighted by atomic mass is 9.95. The molecule has 3 N–H and O–H groups in total. The van der Waals surface area contributed by atoms with Crippen LogP contribution in [0.1, 0.15) is 34.6 Å². The molecule has 2 amide bonds. The van der Waals surface area contributed by atoms with E-state index in [2.05, 4.69) is 10.6 Å². The summed E-state index contributed by atoms with van der Waals surface area (Å²) in [5, 5.41) is 14.0. The van der Waals surface area contributed by atoms with Crippen molar-refractivity contribution in [2.75, 3.05) is 13.7 Å². The van der Waals surface area contributed by atoms with Crippen molar-refractivity contribution in [3.63, 3.8) is 0 Å². The van der Waals surface area contributed by atoms with E-state index in [-0.39, 0.29) is 12.5 Å². The molecule has 0 aromatic carbocycles. The van der Waals surface area contributed by atoms with Gasteiger partial charge < -0.3 is 20.5 Å². The van der Waals surface area contributed by atoms with Crippen LogP contribution >= 0.6 is 0 Å². The predicted octanol–water partition coefficient (Wildman–Crippen LogP) is 0.143. The second-order valence-corrected chi connectivity index (χ2v) is 6.00. The van der Waals surface area contributed by atoms with E-state index in [9.17, 15) is 14.4 Å². The van der Waals surface area contributed by atoms with Gasteiger partial charge in [0, 0.05) is 12.5 Å². The molecule has 0 radical (unpaired) electrons. The van der Waals surface area contributed by atoms with Gasteiger partial charge in [0.2, 0.25) is 11.8 Å². The first-order valence-electron chi connectivity index (χ1n) is 6.29. The quantitative estimate of drug-likeness (QED) is 0.645. The zero-order chi connectivity index (χ0) is 16.1. The molecule has 2 unspecified atom stereocenters. The minimum Gasteiger partial charge on any atom is -0.479 e. The number of nitrogens with one attached hydrogen (secondary N) is 2. The van der Waals surface area contributed by atoms with Crippen molar-refractivity contribution in [2.24, 2.45) is 5.41 Å². The summed E-state index contributed by atoms with van der Waals surface area (Å²) in [5.41, 5.74) is -2.16. The van der Waals surface area contributed by atoms with Crippen LogP contribution < -0.4 is 10.6 Å². The first kappa shape index (κ1) is 18.4. The van der Waals surface area contributed by atoms with Crippen molar-refractivity contribution in [3.8, 4) is 0 Å². The maximum absolute atomic E-state index is 12.0. The fraction of sp³-hybridized carbons (Fsp3) is 0.769. The number of hydrogen-bond donors (Lipinski definition) is 3. The van der Waals surface area contributed by atoms with E-state index in [1.807, 2.05) is 0 Å². The van der Waals surface area contributed by atoms with Crippen molar-refractivity contribution in [3.05, 3.63) is 0 Å². The third-order valence-corrected chi connectivity index (χ3v) is 2.73. The van der Waals surface area contributed by atoms with Crippen LogP contribution in [0.2, 0.25) is 0 Å². The average Bonchev–Trinajstić information content (AvgIpc) is 2.27. The Morgan fingerprint density at radius 1 is 1.20 bits per heavy atom. The highest BCUT2D eigenvalue weighted by atomic mass is 16.5. The first-order chi connectivity index (χ1) is 8.94. The molecule has 2 atom stereocenters. The summed E-state index contributed by atoms with van der Waals surface area (Å²) in [6, 6.07) is -0.836. The Bertz CT molecular complexity index is 389. The lowest BCUT2D eigenvalue weighted by Crippen LogP contribution is -2.59. The van der Waals surface area contributed by atoms with Crippen LogP contribution in [0.3, 0.4) is 0 Å². The maximum atomic E-state index is 12.0. The van der Waals surface area contributed by atoms with Crippen LogP contribution in [0.5, 0.6) is 0 Å². The predicted molar refractivity (Wildman–Crippen MR) is 73.1 cm³/mol. The lowest BCUT2D eigenvalue weighted by molar-refractivity contribution is -0.149. The molecule has 0 bridgehead atoms. The minimum atomic E-state index is -1.54. The number of methoxy groups -OCH3 is 1. The van der Waals surface area contributed by atoms with Gasteiger partial charge in [-0.15, -0.1) is 0 Å². The van der Waals surface area contributed by atoms with E-state index in [0.29, 0.717) is 0 Å². The zero-order valence-electron chi connectivity index (χ0n) is 12.9. The number of rotatable bonds is 6. The van der Waals surface area contributed by atoms with Gasteiger partial charge in [0.25, 0.3) is 0 Å². The van der Waals surface area contributed by atoms with Crippen molar-refractivity contribution in [2.45, 2.75) is 46.2 Å². The largest absolute Gasteiger partial charge is 0.479 e. The molecule has 116 valence electrons. The summed E-state index contributed by atoms with van der Waals surface area (Å²) >= 11 is 0. The number of carboxylic acid groups (broad SMARTS) is 1. The molecule has 7 nitrogen and oxygen atoms in total. The van der Waals surface area contributed by atoms with E-state index in [1.54, 1.807) is 20.8 Å². The third kappa shape index (κ3) is 5.16. The monoisotopic (exact) mass is 288 g/mol. The van der Waals surface area contributed by atoms with Crippen molar-refractivity contribution >= 4 is 17.8 Å². The van der Waals surface area contributed by atoms with Crippen LogP contribution in [-0.2, 0) is 19.1 Å². The van der Waals surface area contributed by atoms with Crippen molar-refractivity contribution < 1.29 is 24.2 Å². The van der Waals surface area contributed by atoms with E-state index in [4.69, 9.17) is 9.84 Å². The number of carbonyl (C=O) groups excluding carboxylic acids is 2. The van der Waals surface area contributed by atoms with E-state index in [0.717, 1.165) is 0 Å². The van der Waals surface area contributed by atoms with Gasteiger partial charge in [-0.3, -0.25) is 9.59 Å². The fourth-order valence-electron chi connectivity index (χ4n) is 1.30. The van der Waals surface area contributed by atoms with Crippen LogP contribution in [0.4, 0.5) is 0 Å². The topological polar surface area (TPSA) is 105 Å². The number of carboxylic acids is 1. The van der Waals surface area contributed by atoms with Crippen molar-refractivity contribution in [1.29, 1.82) is 0 Å². The van der Waals surface area contributed by atoms with Gasteiger partial charge in [0.1, 0.15) is 6.04 Å². The summed E-state index contributed by atoms with van der Waals surface area (Å²) in [6.07, 6.45) is 0. The van der Waals surface area contributed by atoms with Crippen LogP contribution in [-0.4, -0.2) is 48.2 Å². The SMILES string of the molecule is COCC(C)(NC(=O)C(C)NC(=O)C(C)(C)C)C(=O)O. The highest BCUT2D eigenvalue weighted by Gasteiger charge is 2.36. The maximum Gasteiger partial charge on any atom is 0.331 e. The molecule has 0 rings (SSSR count). The number of ether oxygens (including phenoxy) is 1. The van der Waals surface area contributed by atoms with Crippen molar-refractivity contribution in [1.82, 2.24) is 10.6 Å². The molecule has 7 heteroatoms. The second kappa shape index (κ2) is 6.69. The van der Waals surface area contributed by atoms with E-state index in [1.165, 1.54) is 21.0 Å². The van der Waals surface area contributed by atoms with Gasteiger partial charge in [-0.1, -0.05) is 20.8 Å². The number of aliphatic carboxylic acids is 1. The molecule has 0 saturated heterocycles. The number of hydrogen-bond acceptors (Lipinski definition) is 4. The Kier molecular flexibility index (Phi) is 6.15. The fourth-order valence-corrected chi connectivity index (χ4v) is 1.30. The Hall–Kier alpha value is -1.63. The molecule has 0 aliphatic rings. The normalized spacial score (nSPS) is 15.9. The highest BCUT2D eigenvalue weighted by Crippen LogP contribution is 2.13. The Balaban J connectivity index is 4.75. The Labute approximate surface area is 119 Å². The van der Waals surface area contributed by atoms with Gasteiger partial charge in [0.05, 0.1) is 6.61 Å². The summed E-state index contributed by atoms with van der Waals surface area (Å²) in [7, 11) is 1.35. The smallest absolute Gasteiger partial charge is 0.331 e. The van der Waals surface area contributed by atoms with E-state index >= 15 is 0 Å². The lowest BCUT2D eigenvalue weighted by Gasteiger charge is -2.28. The number of amides is 2. The van der Waals surface area contributed by atoms with Crippen LogP contribution in [0, 0.1) is 5.41 Å².